The zero-order chi connectivity index (χ0) is 20.9. The molecule has 3 heterocycles. The molecule has 0 spiro atoms. The molecule has 0 unspecified atom stereocenters. The third-order valence-electron chi connectivity index (χ3n) is 4.70. The molecule has 1 atom stereocenters. The quantitative estimate of drug-likeness (QED) is 0.533. The number of hydrogen-bond donors (Lipinski definition) is 1. The largest absolute Gasteiger partial charge is 0.377 e. The van der Waals surface area contributed by atoms with Crippen LogP contribution in [0.15, 0.2) is 34.8 Å². The van der Waals surface area contributed by atoms with Crippen molar-refractivity contribution < 1.29 is 13.9 Å². The topological polar surface area (TPSA) is 81.9 Å². The van der Waals surface area contributed by atoms with Gasteiger partial charge in [-0.25, -0.2) is 9.37 Å². The highest BCUT2D eigenvalue weighted by Gasteiger charge is 2.21. The molecule has 1 saturated heterocycles. The van der Waals surface area contributed by atoms with Crippen molar-refractivity contribution in [1.29, 1.82) is 0 Å². The highest BCUT2D eigenvalue weighted by atomic mass is 32.2. The van der Waals surface area contributed by atoms with E-state index in [-0.39, 0.29) is 17.8 Å². The van der Waals surface area contributed by atoms with Crippen LogP contribution in [0, 0.1) is 12.7 Å². The third-order valence-corrected chi connectivity index (χ3v) is 6.54. The number of hydrogen-bond acceptors (Lipinski definition) is 7. The van der Waals surface area contributed by atoms with Crippen molar-refractivity contribution >= 4 is 29.0 Å². The van der Waals surface area contributed by atoms with Crippen LogP contribution in [0.25, 0.3) is 5.69 Å². The van der Waals surface area contributed by atoms with E-state index in [4.69, 9.17) is 4.74 Å². The van der Waals surface area contributed by atoms with Gasteiger partial charge in [0.2, 0.25) is 0 Å². The van der Waals surface area contributed by atoms with Gasteiger partial charge in [0, 0.05) is 30.7 Å². The van der Waals surface area contributed by atoms with E-state index in [1.54, 1.807) is 28.1 Å². The highest BCUT2D eigenvalue weighted by Crippen LogP contribution is 2.27. The molecule has 1 amide bonds. The lowest BCUT2D eigenvalue weighted by Gasteiger charge is -2.13. The van der Waals surface area contributed by atoms with Crippen molar-refractivity contribution in [2.24, 2.45) is 0 Å². The normalized spacial score (nSPS) is 16.1. The minimum atomic E-state index is -0.348. The van der Waals surface area contributed by atoms with Crippen LogP contribution in [-0.4, -0.2) is 50.7 Å². The third kappa shape index (κ3) is 4.88. The van der Waals surface area contributed by atoms with Crippen LogP contribution in [0.4, 0.5) is 4.39 Å². The summed E-state index contributed by atoms with van der Waals surface area (Å²) in [5.74, 6) is 0.750. The average Bonchev–Trinajstić information content (AvgIpc) is 3.48. The molecule has 10 heteroatoms. The summed E-state index contributed by atoms with van der Waals surface area (Å²) < 4.78 is 22.0. The van der Waals surface area contributed by atoms with Crippen LogP contribution in [0.2, 0.25) is 0 Å². The molecule has 0 saturated carbocycles. The summed E-state index contributed by atoms with van der Waals surface area (Å²) in [6.07, 6.45) is 2.69. The number of halogens is 1. The molecule has 2 aromatic heterocycles. The Kier molecular flexibility index (Phi) is 6.76. The number of benzene rings is 1. The van der Waals surface area contributed by atoms with E-state index >= 15 is 0 Å². The summed E-state index contributed by atoms with van der Waals surface area (Å²) in [6.45, 7) is 2.99. The van der Waals surface area contributed by atoms with Crippen LogP contribution in [0.5, 0.6) is 0 Å². The van der Waals surface area contributed by atoms with Gasteiger partial charge >= 0.3 is 0 Å². The Bertz CT molecular complexity index is 1020. The van der Waals surface area contributed by atoms with Crippen LogP contribution >= 0.6 is 23.1 Å². The van der Waals surface area contributed by atoms with Gasteiger partial charge in [-0.1, -0.05) is 23.9 Å². The summed E-state index contributed by atoms with van der Waals surface area (Å²) in [7, 11) is 0. The minimum Gasteiger partial charge on any atom is -0.377 e. The monoisotopic (exact) mass is 447 g/mol. The molecule has 1 aliphatic rings. The first-order valence-corrected chi connectivity index (χ1v) is 11.6. The van der Waals surface area contributed by atoms with Gasteiger partial charge < -0.3 is 10.1 Å². The van der Waals surface area contributed by atoms with Crippen LogP contribution < -0.4 is 5.32 Å². The summed E-state index contributed by atoms with van der Waals surface area (Å²) in [4.78, 5) is 16.4. The number of amides is 1. The minimum absolute atomic E-state index is 0.185. The number of ether oxygens (including phenoxy) is 1. The lowest BCUT2D eigenvalue weighted by Crippen LogP contribution is -2.26. The molecule has 1 aliphatic heterocycles. The maximum atomic E-state index is 14.5. The van der Waals surface area contributed by atoms with Crippen LogP contribution in [-0.2, 0) is 11.2 Å². The fraction of sp³-hybridized carbons (Fsp3) is 0.400. The molecule has 3 aromatic rings. The molecule has 158 valence electrons. The summed E-state index contributed by atoms with van der Waals surface area (Å²) in [6, 6.07) is 6.55. The molecular formula is C20H22FN5O2S2. The van der Waals surface area contributed by atoms with Gasteiger partial charge in [0.05, 0.1) is 16.8 Å². The second-order valence-electron chi connectivity index (χ2n) is 6.89. The molecule has 1 aromatic carbocycles. The molecule has 0 aliphatic carbocycles. The maximum absolute atomic E-state index is 14.5. The summed E-state index contributed by atoms with van der Waals surface area (Å²) in [5.41, 5.74) is 0.801. The Balaban J connectivity index is 1.48. The molecule has 30 heavy (non-hydrogen) atoms. The van der Waals surface area contributed by atoms with Gasteiger partial charge in [0.25, 0.3) is 5.91 Å². The van der Waals surface area contributed by atoms with Gasteiger partial charge in [-0.15, -0.1) is 21.5 Å². The predicted octanol–water partition coefficient (Wildman–Crippen LogP) is 3.41. The predicted molar refractivity (Wildman–Crippen MR) is 114 cm³/mol. The van der Waals surface area contributed by atoms with Gasteiger partial charge in [0.15, 0.2) is 5.16 Å². The van der Waals surface area contributed by atoms with E-state index in [0.29, 0.717) is 35.3 Å². The molecule has 0 bridgehead atoms. The van der Waals surface area contributed by atoms with Crippen LogP contribution in [0.3, 0.4) is 0 Å². The number of aromatic nitrogens is 4. The van der Waals surface area contributed by atoms with E-state index in [9.17, 15) is 9.18 Å². The number of rotatable bonds is 8. The molecule has 0 radical (unpaired) electrons. The number of nitrogens with zero attached hydrogens (tertiary/aromatic N) is 4. The second kappa shape index (κ2) is 9.67. The lowest BCUT2D eigenvalue weighted by molar-refractivity contribution is 0.0949. The van der Waals surface area contributed by atoms with E-state index in [2.05, 4.69) is 20.5 Å². The standard InChI is InChI=1S/C20H22FN5O2S2/c1-13-23-16(12-29-13)19(27)22-9-8-18-24-25-20(30-11-14-5-4-10-28-14)26(18)17-7-3-2-6-15(17)21/h2-3,6-7,12,14H,4-5,8-11H2,1H3,(H,22,27)/t14-/m0/s1. The summed E-state index contributed by atoms with van der Waals surface area (Å²) in [5, 5.41) is 14.6. The number of carbonyl (C=O) groups excluding carboxylic acids is 1. The Morgan fingerprint density at radius 1 is 1.40 bits per heavy atom. The van der Waals surface area contributed by atoms with Crippen molar-refractivity contribution in [3.8, 4) is 5.69 Å². The lowest BCUT2D eigenvalue weighted by atomic mass is 10.3. The fourth-order valence-corrected chi connectivity index (χ4v) is 4.84. The van der Waals surface area contributed by atoms with Crippen molar-refractivity contribution in [1.82, 2.24) is 25.1 Å². The number of para-hydroxylation sites is 1. The van der Waals surface area contributed by atoms with Crippen LogP contribution in [0.1, 0.15) is 34.2 Å². The van der Waals surface area contributed by atoms with E-state index in [1.807, 2.05) is 6.92 Å². The number of aryl methyl sites for hydroxylation is 1. The molecule has 4 rings (SSSR count). The van der Waals surface area contributed by atoms with Gasteiger partial charge in [0.1, 0.15) is 17.3 Å². The molecule has 1 fully saturated rings. The molecule has 1 N–H and O–H groups in total. The second-order valence-corrected chi connectivity index (χ2v) is 8.94. The number of carbonyl (C=O) groups is 1. The number of nitrogens with one attached hydrogen (secondary N) is 1. The maximum Gasteiger partial charge on any atom is 0.270 e. The zero-order valence-electron chi connectivity index (χ0n) is 16.5. The Morgan fingerprint density at radius 2 is 2.27 bits per heavy atom. The Labute approximate surface area is 182 Å². The zero-order valence-corrected chi connectivity index (χ0v) is 18.1. The fourth-order valence-electron chi connectivity index (χ4n) is 3.22. The first kappa shape index (κ1) is 21.0. The van der Waals surface area contributed by atoms with Crippen molar-refractivity contribution in [3.05, 3.63) is 52.0 Å². The SMILES string of the molecule is Cc1nc(C(=O)NCCc2nnc(SC[C@@H]3CCCO3)n2-c2ccccc2F)cs1. The van der Waals surface area contributed by atoms with Crippen molar-refractivity contribution in [3.63, 3.8) is 0 Å². The van der Waals surface area contributed by atoms with Gasteiger partial charge in [-0.2, -0.15) is 0 Å². The van der Waals surface area contributed by atoms with Gasteiger partial charge in [-0.05, 0) is 31.9 Å². The summed E-state index contributed by atoms with van der Waals surface area (Å²) >= 11 is 2.94. The van der Waals surface area contributed by atoms with E-state index < -0.39 is 0 Å². The highest BCUT2D eigenvalue weighted by molar-refractivity contribution is 7.99. The molecular weight excluding hydrogens is 425 g/mol. The smallest absolute Gasteiger partial charge is 0.270 e. The first-order valence-electron chi connectivity index (χ1n) is 9.75. The number of thiazole rings is 1. The molecule has 7 nitrogen and oxygen atoms in total. The van der Waals surface area contributed by atoms with Crippen molar-refractivity contribution in [2.45, 2.75) is 37.4 Å². The first-order chi connectivity index (χ1) is 14.6. The Hall–Kier alpha value is -2.30. The average molecular weight is 448 g/mol. The van der Waals surface area contributed by atoms with E-state index in [1.165, 1.54) is 29.2 Å². The van der Waals surface area contributed by atoms with Crippen molar-refractivity contribution in [2.75, 3.05) is 18.9 Å². The van der Waals surface area contributed by atoms with E-state index in [0.717, 1.165) is 30.2 Å². The number of thioether (sulfide) groups is 1. The van der Waals surface area contributed by atoms with Gasteiger partial charge in [-0.3, -0.25) is 9.36 Å². The Morgan fingerprint density at radius 3 is 3.00 bits per heavy atom.